The Balaban J connectivity index is 0.926. The molecule has 2 spiro atoms. The third-order valence-corrected chi connectivity index (χ3v) is 13.4. The molecular weight excluding hydrogens is 669 g/mol. The van der Waals surface area contributed by atoms with Crippen LogP contribution in [0.25, 0.3) is 0 Å². The fourth-order valence-electron chi connectivity index (χ4n) is 10.7. The van der Waals surface area contributed by atoms with Crippen LogP contribution in [0, 0.1) is 41.4 Å². The maximum atomic E-state index is 14.5. The van der Waals surface area contributed by atoms with Crippen molar-refractivity contribution in [1.29, 1.82) is 0 Å². The number of alkyl halides is 3. The van der Waals surface area contributed by atoms with Crippen molar-refractivity contribution in [1.82, 2.24) is 0 Å². The van der Waals surface area contributed by atoms with Gasteiger partial charge >= 0.3 is 6.18 Å². The van der Waals surface area contributed by atoms with E-state index in [-0.39, 0.29) is 41.8 Å². The van der Waals surface area contributed by atoms with E-state index < -0.39 is 84.9 Å². The van der Waals surface area contributed by atoms with Crippen LogP contribution in [-0.4, -0.2) is 90.1 Å². The van der Waals surface area contributed by atoms with Crippen LogP contribution in [0.4, 0.5) is 13.2 Å². The third kappa shape index (κ3) is 5.51. The number of rotatable bonds is 8. The summed E-state index contributed by atoms with van der Waals surface area (Å²) in [7, 11) is 0. The highest BCUT2D eigenvalue weighted by Crippen LogP contribution is 2.62. The molecule has 12 nitrogen and oxygen atoms in total. The van der Waals surface area contributed by atoms with E-state index in [1.807, 2.05) is 13.8 Å². The highest BCUT2D eigenvalue weighted by Gasteiger charge is 2.71. The molecule has 7 saturated heterocycles. The van der Waals surface area contributed by atoms with Gasteiger partial charge in [-0.25, -0.2) is 19.6 Å². The van der Waals surface area contributed by atoms with E-state index in [1.54, 1.807) is 6.92 Å². The minimum absolute atomic E-state index is 0.0157. The lowest BCUT2D eigenvalue weighted by molar-refractivity contribution is -0.577. The van der Waals surface area contributed by atoms with E-state index in [0.717, 1.165) is 19.3 Å². The molecule has 15 heteroatoms. The van der Waals surface area contributed by atoms with Crippen molar-refractivity contribution in [3.05, 3.63) is 11.3 Å². The Morgan fingerprint density at radius 2 is 1.36 bits per heavy atom. The first-order chi connectivity index (χ1) is 23.6. The number of aliphatic hydroxyl groups is 2. The second-order valence-electron chi connectivity index (χ2n) is 16.6. The molecule has 0 radical (unpaired) electrons. The Morgan fingerprint density at radius 3 is 2.04 bits per heavy atom. The molecule has 2 N–H and O–H groups in total. The van der Waals surface area contributed by atoms with E-state index in [9.17, 15) is 23.4 Å². The number of hydrogen-bond acceptors (Lipinski definition) is 12. The van der Waals surface area contributed by atoms with Crippen LogP contribution in [0.15, 0.2) is 11.3 Å². The molecule has 8 aliphatic heterocycles. The van der Waals surface area contributed by atoms with Crippen molar-refractivity contribution in [2.24, 2.45) is 41.4 Å². The topological polar surface area (TPSA) is 133 Å². The van der Waals surface area contributed by atoms with Gasteiger partial charge < -0.3 is 38.6 Å². The molecule has 4 bridgehead atoms. The summed E-state index contributed by atoms with van der Waals surface area (Å²) in [6.07, 6.45) is -4.84. The standard InChI is InChI=1S/C35H51F3O12/c1-17-6-8-23-19(3)28(44-30-33(23)21(17)10-12-32(5,46-30)47-49-33)42-16-26(40)25(39)15-41-14-20-24-9-7-18(2)22-11-13-31(4)45-29(34(22,24)50-48-31)43-27(20)35(36,37)38/h17-19,21-26,28-30,39-40H,6-16H2,1-5H3/t17-,18-,19-,21?,22?,23+,24+,25?,26+,28?,29-,30-,31-,32?,33-,34?/m1/s1. The molecule has 0 aromatic carbocycles. The second kappa shape index (κ2) is 12.5. The molecule has 2 saturated carbocycles. The van der Waals surface area contributed by atoms with Crippen LogP contribution < -0.4 is 0 Å². The monoisotopic (exact) mass is 720 g/mol. The fourth-order valence-corrected chi connectivity index (χ4v) is 10.7. The van der Waals surface area contributed by atoms with Crippen LogP contribution >= 0.6 is 0 Å². The van der Waals surface area contributed by atoms with Crippen molar-refractivity contribution in [2.75, 3.05) is 19.8 Å². The lowest BCUT2D eigenvalue weighted by Crippen LogP contribution is -2.70. The molecule has 9 fully saturated rings. The van der Waals surface area contributed by atoms with Gasteiger partial charge in [0, 0.05) is 42.1 Å². The van der Waals surface area contributed by atoms with Crippen LogP contribution in [-0.2, 0) is 48.0 Å². The van der Waals surface area contributed by atoms with Gasteiger partial charge in [0.1, 0.15) is 12.2 Å². The Morgan fingerprint density at radius 1 is 0.760 bits per heavy atom. The van der Waals surface area contributed by atoms with E-state index in [4.69, 9.17) is 48.0 Å². The van der Waals surface area contributed by atoms with E-state index in [0.29, 0.717) is 38.0 Å². The summed E-state index contributed by atoms with van der Waals surface area (Å²) in [4.78, 5) is 23.7. The van der Waals surface area contributed by atoms with Gasteiger partial charge in [0.15, 0.2) is 23.8 Å². The second-order valence-corrected chi connectivity index (χ2v) is 16.6. The number of halogens is 3. The first kappa shape index (κ1) is 35.9. The zero-order valence-electron chi connectivity index (χ0n) is 29.3. The summed E-state index contributed by atoms with van der Waals surface area (Å²) in [5.74, 6) is -3.62. The van der Waals surface area contributed by atoms with Crippen molar-refractivity contribution >= 4 is 0 Å². The zero-order chi connectivity index (χ0) is 35.4. The van der Waals surface area contributed by atoms with Crippen molar-refractivity contribution in [3.8, 4) is 0 Å². The molecule has 284 valence electrons. The van der Waals surface area contributed by atoms with Crippen molar-refractivity contribution < 1.29 is 71.4 Å². The maximum absolute atomic E-state index is 14.5. The van der Waals surface area contributed by atoms with Crippen molar-refractivity contribution in [2.45, 2.75) is 146 Å². The number of fused-ring (bicyclic) bond motifs is 4. The summed E-state index contributed by atoms with van der Waals surface area (Å²) in [5.41, 5.74) is -2.15. The summed E-state index contributed by atoms with van der Waals surface area (Å²) >= 11 is 0. The van der Waals surface area contributed by atoms with Gasteiger partial charge in [-0.1, -0.05) is 20.8 Å². The minimum Gasteiger partial charge on any atom is -0.456 e. The fraction of sp³-hybridized carbons (Fsp3) is 0.943. The molecule has 6 unspecified atom stereocenters. The number of aliphatic hydroxyl groups excluding tert-OH is 2. The normalized spacial score (nSPS) is 50.8. The zero-order valence-corrected chi connectivity index (χ0v) is 29.3. The van der Waals surface area contributed by atoms with Crippen LogP contribution in [0.1, 0.15) is 86.0 Å². The number of ether oxygens (including phenoxy) is 6. The van der Waals surface area contributed by atoms with Crippen LogP contribution in [0.2, 0.25) is 0 Å². The summed E-state index contributed by atoms with van der Waals surface area (Å²) in [6.45, 7) is 8.55. The Hall–Kier alpha value is -1.11. The minimum atomic E-state index is -4.82. The SMILES string of the molecule is C[C@@H]1CC[C@H]2C(COCC(O)[C@@H](O)COC3O[C@@H]4OC5(C)CCC6[C@H](C)CC[C@@H]([C@H]3C)[C@]64OO5)=C(C(F)(F)F)O[C@@H]3O[C@@]4(C)CCC1C32OO4. The predicted octanol–water partition coefficient (Wildman–Crippen LogP) is 5.01. The van der Waals surface area contributed by atoms with Gasteiger partial charge in [-0.3, -0.25) is 0 Å². The third-order valence-electron chi connectivity index (χ3n) is 13.4. The van der Waals surface area contributed by atoms with Crippen LogP contribution in [0.5, 0.6) is 0 Å². The summed E-state index contributed by atoms with van der Waals surface area (Å²) in [6, 6.07) is 0. The molecule has 0 aromatic rings. The molecule has 0 amide bonds. The van der Waals surface area contributed by atoms with Gasteiger partial charge in [0.05, 0.1) is 19.8 Å². The average Bonchev–Trinajstić information content (AvgIpc) is 3.44. The first-order valence-electron chi connectivity index (χ1n) is 18.4. The number of hydrogen-bond donors (Lipinski definition) is 2. The smallest absolute Gasteiger partial charge is 0.449 e. The lowest BCUT2D eigenvalue weighted by atomic mass is 9.58. The summed E-state index contributed by atoms with van der Waals surface area (Å²) in [5, 5.41) is 21.8. The predicted molar refractivity (Wildman–Crippen MR) is 163 cm³/mol. The molecule has 10 rings (SSSR count). The highest BCUT2D eigenvalue weighted by atomic mass is 19.4. The lowest BCUT2D eigenvalue weighted by Gasteiger charge is -2.60. The van der Waals surface area contributed by atoms with E-state index in [1.165, 1.54) is 0 Å². The number of allylic oxidation sites excluding steroid dienone is 1. The van der Waals surface area contributed by atoms with Gasteiger partial charge in [0.2, 0.25) is 23.6 Å². The highest BCUT2D eigenvalue weighted by molar-refractivity contribution is 5.28. The molecule has 8 heterocycles. The Labute approximate surface area is 289 Å². The van der Waals surface area contributed by atoms with Gasteiger partial charge in [0.25, 0.3) is 0 Å². The maximum Gasteiger partial charge on any atom is 0.449 e. The van der Waals surface area contributed by atoms with E-state index >= 15 is 0 Å². The largest absolute Gasteiger partial charge is 0.456 e. The first-order valence-corrected chi connectivity index (χ1v) is 18.4. The molecule has 0 aromatic heterocycles. The molecular formula is C35H51F3O12. The summed E-state index contributed by atoms with van der Waals surface area (Å²) < 4.78 is 79.7. The van der Waals surface area contributed by atoms with E-state index in [2.05, 4.69) is 13.8 Å². The van der Waals surface area contributed by atoms with Crippen molar-refractivity contribution in [3.63, 3.8) is 0 Å². The average molecular weight is 721 g/mol. The van der Waals surface area contributed by atoms with Gasteiger partial charge in [-0.05, 0) is 70.1 Å². The Kier molecular flexibility index (Phi) is 8.95. The quantitative estimate of drug-likeness (QED) is 0.327. The molecule has 50 heavy (non-hydrogen) atoms. The van der Waals surface area contributed by atoms with Crippen LogP contribution in [0.3, 0.4) is 0 Å². The van der Waals surface area contributed by atoms with Gasteiger partial charge in [-0.15, -0.1) is 0 Å². The Bertz CT molecular complexity index is 1330. The molecule has 2 aliphatic carbocycles. The molecule has 10 aliphatic rings. The molecule has 16 atom stereocenters. The van der Waals surface area contributed by atoms with Gasteiger partial charge in [-0.2, -0.15) is 13.2 Å².